The second-order valence-electron chi connectivity index (χ2n) is 8.62. The standard InChI is InChI=1S/C27H28N2O4S/c1-15(2)19-9-11-20(12-10-19)24-23(26(31)33-6)17(4)28-27-29(24)25(30)22(34-27)14-18-8-7-16(3)21(13-18)32-5/h7-15,24H,1-6H3/b22-14-/t24-/m1/s1. The molecule has 0 aliphatic carbocycles. The van der Waals surface area contributed by atoms with Gasteiger partial charge in [0.1, 0.15) is 5.75 Å². The van der Waals surface area contributed by atoms with Gasteiger partial charge >= 0.3 is 5.97 Å². The first-order valence-corrected chi connectivity index (χ1v) is 11.9. The summed E-state index contributed by atoms with van der Waals surface area (Å²) < 4.78 is 12.6. The molecule has 0 amide bonds. The molecular formula is C27H28N2O4S. The van der Waals surface area contributed by atoms with E-state index in [1.807, 2.05) is 55.5 Å². The summed E-state index contributed by atoms with van der Waals surface area (Å²) in [7, 11) is 2.97. The number of nitrogens with zero attached hydrogens (tertiary/aromatic N) is 2. The molecule has 1 atom stereocenters. The Hall–Kier alpha value is -3.45. The first kappa shape index (κ1) is 23.7. The fraction of sp³-hybridized carbons (Fsp3) is 0.296. The van der Waals surface area contributed by atoms with E-state index in [1.165, 1.54) is 24.0 Å². The second-order valence-corrected chi connectivity index (χ2v) is 9.63. The first-order chi connectivity index (χ1) is 16.2. The van der Waals surface area contributed by atoms with Gasteiger partial charge in [-0.05, 0) is 54.2 Å². The summed E-state index contributed by atoms with van der Waals surface area (Å²) in [5.74, 6) is 0.644. The SMILES string of the molecule is COC(=O)C1=C(C)N=c2s/c(=C\c3ccc(C)c(OC)c3)c(=O)n2[C@@H]1c1ccc(C(C)C)cc1. The Morgan fingerprint density at radius 1 is 1.12 bits per heavy atom. The Bertz CT molecular complexity index is 1460. The Kier molecular flexibility index (Phi) is 6.57. The fourth-order valence-corrected chi connectivity index (χ4v) is 5.20. The molecule has 0 saturated heterocycles. The Morgan fingerprint density at radius 2 is 1.82 bits per heavy atom. The maximum Gasteiger partial charge on any atom is 0.338 e. The molecule has 176 valence electrons. The number of carbonyl (C=O) groups is 1. The van der Waals surface area contributed by atoms with Crippen LogP contribution in [0.15, 0.2) is 63.5 Å². The molecule has 0 radical (unpaired) electrons. The number of rotatable bonds is 5. The van der Waals surface area contributed by atoms with Crippen LogP contribution in [0.5, 0.6) is 5.75 Å². The molecule has 3 aromatic rings. The smallest absolute Gasteiger partial charge is 0.338 e. The minimum atomic E-state index is -0.611. The van der Waals surface area contributed by atoms with Gasteiger partial charge in [0, 0.05) is 0 Å². The van der Waals surface area contributed by atoms with E-state index in [-0.39, 0.29) is 5.56 Å². The van der Waals surface area contributed by atoms with Crippen molar-refractivity contribution in [1.82, 2.24) is 4.57 Å². The number of hydrogen-bond acceptors (Lipinski definition) is 6. The van der Waals surface area contributed by atoms with Crippen LogP contribution in [0.3, 0.4) is 0 Å². The third-order valence-corrected chi connectivity index (χ3v) is 7.06. The van der Waals surface area contributed by atoms with Crippen LogP contribution < -0.4 is 19.6 Å². The summed E-state index contributed by atoms with van der Waals surface area (Å²) in [6, 6.07) is 13.2. The number of benzene rings is 2. The molecule has 0 bridgehead atoms. The summed E-state index contributed by atoms with van der Waals surface area (Å²) in [4.78, 5) is 31.6. The molecule has 6 nitrogen and oxygen atoms in total. The number of hydrogen-bond donors (Lipinski definition) is 0. The topological polar surface area (TPSA) is 69.9 Å². The van der Waals surface area contributed by atoms with E-state index >= 15 is 0 Å². The number of thiazole rings is 1. The van der Waals surface area contributed by atoms with Crippen LogP contribution >= 0.6 is 11.3 Å². The van der Waals surface area contributed by atoms with Crippen LogP contribution in [0.4, 0.5) is 0 Å². The molecule has 1 aromatic heterocycles. The van der Waals surface area contributed by atoms with E-state index in [4.69, 9.17) is 9.47 Å². The molecule has 0 spiro atoms. The van der Waals surface area contributed by atoms with E-state index in [1.54, 1.807) is 18.6 Å². The average molecular weight is 477 g/mol. The van der Waals surface area contributed by atoms with E-state index in [2.05, 4.69) is 18.8 Å². The normalized spacial score (nSPS) is 15.9. The molecule has 0 saturated carbocycles. The maximum absolute atomic E-state index is 13.6. The highest BCUT2D eigenvalue weighted by atomic mass is 32.1. The average Bonchev–Trinajstić information content (AvgIpc) is 3.13. The van der Waals surface area contributed by atoms with E-state index in [9.17, 15) is 9.59 Å². The highest BCUT2D eigenvalue weighted by Crippen LogP contribution is 2.31. The van der Waals surface area contributed by atoms with Crippen LogP contribution in [-0.2, 0) is 9.53 Å². The van der Waals surface area contributed by atoms with Crippen LogP contribution in [0.2, 0.25) is 0 Å². The Labute approximate surface area is 202 Å². The van der Waals surface area contributed by atoms with Crippen LogP contribution in [0, 0.1) is 6.92 Å². The van der Waals surface area contributed by atoms with Gasteiger partial charge in [-0.25, -0.2) is 9.79 Å². The van der Waals surface area contributed by atoms with Crippen LogP contribution in [-0.4, -0.2) is 24.8 Å². The summed E-state index contributed by atoms with van der Waals surface area (Å²) in [6.07, 6.45) is 1.84. The summed E-state index contributed by atoms with van der Waals surface area (Å²) in [5.41, 5.74) is 4.62. The predicted molar refractivity (Wildman–Crippen MR) is 134 cm³/mol. The minimum Gasteiger partial charge on any atom is -0.496 e. The van der Waals surface area contributed by atoms with Crippen molar-refractivity contribution < 1.29 is 14.3 Å². The number of allylic oxidation sites excluding steroid dienone is 1. The first-order valence-electron chi connectivity index (χ1n) is 11.1. The van der Waals surface area contributed by atoms with Gasteiger partial charge in [0.25, 0.3) is 5.56 Å². The number of fused-ring (bicyclic) bond motifs is 1. The number of carbonyl (C=O) groups excluding carboxylic acids is 1. The van der Waals surface area contributed by atoms with Gasteiger partial charge in [0.15, 0.2) is 4.80 Å². The third-order valence-electron chi connectivity index (χ3n) is 6.08. The molecular weight excluding hydrogens is 448 g/mol. The lowest BCUT2D eigenvalue weighted by Gasteiger charge is -2.24. The zero-order chi connectivity index (χ0) is 24.6. The minimum absolute atomic E-state index is 0.199. The molecule has 34 heavy (non-hydrogen) atoms. The van der Waals surface area contributed by atoms with Crippen molar-refractivity contribution >= 4 is 23.4 Å². The molecule has 0 fully saturated rings. The van der Waals surface area contributed by atoms with Crippen molar-refractivity contribution in [3.8, 4) is 5.75 Å². The fourth-order valence-electron chi connectivity index (χ4n) is 4.15. The molecule has 0 N–H and O–H groups in total. The molecule has 7 heteroatoms. The lowest BCUT2D eigenvalue weighted by atomic mass is 9.93. The van der Waals surface area contributed by atoms with Crippen LogP contribution in [0.1, 0.15) is 55.0 Å². The number of esters is 1. The van der Waals surface area contributed by atoms with E-state index in [0.717, 1.165) is 22.4 Å². The van der Waals surface area contributed by atoms with Crippen molar-refractivity contribution in [3.63, 3.8) is 0 Å². The molecule has 0 unspecified atom stereocenters. The largest absolute Gasteiger partial charge is 0.496 e. The van der Waals surface area contributed by atoms with Gasteiger partial charge in [-0.3, -0.25) is 9.36 Å². The second kappa shape index (κ2) is 9.43. The number of aromatic nitrogens is 1. The highest BCUT2D eigenvalue weighted by molar-refractivity contribution is 7.07. The maximum atomic E-state index is 13.6. The number of aryl methyl sites for hydroxylation is 1. The zero-order valence-corrected chi connectivity index (χ0v) is 21.0. The van der Waals surface area contributed by atoms with Crippen molar-refractivity contribution in [2.75, 3.05) is 14.2 Å². The predicted octanol–water partition coefficient (Wildman–Crippen LogP) is 3.85. The van der Waals surface area contributed by atoms with E-state index < -0.39 is 12.0 Å². The zero-order valence-electron chi connectivity index (χ0n) is 20.2. The lowest BCUT2D eigenvalue weighted by molar-refractivity contribution is -0.136. The molecule has 2 heterocycles. The number of ether oxygens (including phenoxy) is 2. The van der Waals surface area contributed by atoms with Crippen molar-refractivity contribution in [2.45, 2.75) is 39.7 Å². The van der Waals surface area contributed by atoms with Gasteiger partial charge in [0.2, 0.25) is 0 Å². The highest BCUT2D eigenvalue weighted by Gasteiger charge is 2.33. The van der Waals surface area contributed by atoms with Gasteiger partial charge in [-0.2, -0.15) is 0 Å². The Morgan fingerprint density at radius 3 is 2.44 bits per heavy atom. The Balaban J connectivity index is 1.93. The van der Waals surface area contributed by atoms with Gasteiger partial charge < -0.3 is 9.47 Å². The molecule has 4 rings (SSSR count). The van der Waals surface area contributed by atoms with Gasteiger partial charge in [-0.1, -0.05) is 61.6 Å². The molecule has 2 aromatic carbocycles. The summed E-state index contributed by atoms with van der Waals surface area (Å²) >= 11 is 1.31. The summed E-state index contributed by atoms with van der Waals surface area (Å²) in [5, 5.41) is 0. The third kappa shape index (κ3) is 4.23. The monoisotopic (exact) mass is 476 g/mol. The van der Waals surface area contributed by atoms with Gasteiger partial charge in [-0.15, -0.1) is 0 Å². The number of methoxy groups -OCH3 is 2. The van der Waals surface area contributed by atoms with Crippen molar-refractivity contribution in [2.24, 2.45) is 4.99 Å². The van der Waals surface area contributed by atoms with Crippen LogP contribution in [0.25, 0.3) is 6.08 Å². The van der Waals surface area contributed by atoms with E-state index in [0.29, 0.717) is 26.5 Å². The lowest BCUT2D eigenvalue weighted by Crippen LogP contribution is -2.39. The molecule has 1 aliphatic heterocycles. The quantitative estimate of drug-likeness (QED) is 0.525. The van der Waals surface area contributed by atoms with Crippen molar-refractivity contribution in [3.05, 3.63) is 95.7 Å². The van der Waals surface area contributed by atoms with Crippen molar-refractivity contribution in [1.29, 1.82) is 0 Å². The summed E-state index contributed by atoms with van der Waals surface area (Å²) in [6.45, 7) is 8.01. The van der Waals surface area contributed by atoms with Gasteiger partial charge in [0.05, 0.1) is 36.1 Å². The molecule has 1 aliphatic rings.